The molecule has 94 valence electrons. The molecule has 0 saturated heterocycles. The van der Waals surface area contributed by atoms with E-state index in [4.69, 9.17) is 5.73 Å². The van der Waals surface area contributed by atoms with Gasteiger partial charge in [0, 0.05) is 12.6 Å². The van der Waals surface area contributed by atoms with Crippen molar-refractivity contribution in [1.29, 1.82) is 0 Å². The first-order valence-electron chi connectivity index (χ1n) is 6.24. The second kappa shape index (κ2) is 7.65. The van der Waals surface area contributed by atoms with E-state index in [2.05, 4.69) is 17.2 Å². The van der Waals surface area contributed by atoms with Crippen LogP contribution in [0, 0.1) is 0 Å². The molecule has 1 rings (SSSR count). The molecule has 1 aromatic rings. The summed E-state index contributed by atoms with van der Waals surface area (Å²) < 4.78 is 0. The Bertz CT molecular complexity index is 352. The molecule has 4 heteroatoms. The number of nitrogen functional groups attached to an aromatic ring is 1. The number of pyridine rings is 1. The molecule has 4 nitrogen and oxygen atoms in total. The molecule has 1 aromatic heterocycles. The second-order valence-corrected chi connectivity index (χ2v) is 4.15. The Morgan fingerprint density at radius 3 is 2.82 bits per heavy atom. The highest BCUT2D eigenvalue weighted by molar-refractivity contribution is 5.92. The third-order valence-corrected chi connectivity index (χ3v) is 2.60. The summed E-state index contributed by atoms with van der Waals surface area (Å²) in [6.07, 6.45) is 7.87. The van der Waals surface area contributed by atoms with E-state index in [-0.39, 0.29) is 5.91 Å². The van der Waals surface area contributed by atoms with E-state index in [1.165, 1.54) is 19.3 Å². The molecule has 0 bridgehead atoms. The van der Waals surface area contributed by atoms with Gasteiger partial charge < -0.3 is 11.1 Å². The smallest absolute Gasteiger partial charge is 0.225 e. The predicted octanol–water partition coefficient (Wildman–Crippen LogP) is 2.96. The molecule has 0 saturated carbocycles. The first-order valence-corrected chi connectivity index (χ1v) is 6.24. The van der Waals surface area contributed by atoms with Gasteiger partial charge in [0.15, 0.2) is 5.82 Å². The van der Waals surface area contributed by atoms with Crippen molar-refractivity contribution in [1.82, 2.24) is 4.98 Å². The van der Waals surface area contributed by atoms with Crippen LogP contribution in [-0.4, -0.2) is 10.9 Å². The maximum absolute atomic E-state index is 11.6. The highest BCUT2D eigenvalue weighted by Gasteiger charge is 2.05. The van der Waals surface area contributed by atoms with Crippen LogP contribution in [0.3, 0.4) is 0 Å². The molecule has 0 aliphatic rings. The van der Waals surface area contributed by atoms with Crippen LogP contribution in [0.5, 0.6) is 0 Å². The summed E-state index contributed by atoms with van der Waals surface area (Å²) in [7, 11) is 0. The topological polar surface area (TPSA) is 68.0 Å². The first kappa shape index (κ1) is 13.5. The predicted molar refractivity (Wildman–Crippen MR) is 70.7 cm³/mol. The van der Waals surface area contributed by atoms with Crippen LogP contribution < -0.4 is 11.1 Å². The number of aromatic nitrogens is 1. The van der Waals surface area contributed by atoms with Crippen LogP contribution in [0.1, 0.15) is 45.4 Å². The van der Waals surface area contributed by atoms with Gasteiger partial charge in [-0.2, -0.15) is 0 Å². The minimum atomic E-state index is -0.00750. The number of amides is 1. The lowest BCUT2D eigenvalue weighted by molar-refractivity contribution is -0.116. The monoisotopic (exact) mass is 235 g/mol. The Kier molecular flexibility index (Phi) is 6.07. The number of unbranched alkanes of at least 4 members (excludes halogenated alkanes) is 4. The second-order valence-electron chi connectivity index (χ2n) is 4.15. The number of rotatable bonds is 7. The molecule has 0 spiro atoms. The number of hydrogen-bond donors (Lipinski definition) is 2. The van der Waals surface area contributed by atoms with E-state index in [9.17, 15) is 4.79 Å². The van der Waals surface area contributed by atoms with Gasteiger partial charge in [-0.25, -0.2) is 4.98 Å². The van der Waals surface area contributed by atoms with Gasteiger partial charge in [-0.1, -0.05) is 32.6 Å². The number of carbonyl (C=O) groups is 1. The third kappa shape index (κ3) is 5.33. The maximum atomic E-state index is 11.6. The summed E-state index contributed by atoms with van der Waals surface area (Å²) in [4.78, 5) is 15.6. The Balaban J connectivity index is 2.23. The van der Waals surface area contributed by atoms with E-state index >= 15 is 0 Å². The molecular formula is C13H21N3O. The SMILES string of the molecule is CCCCCCCC(=O)Nc1ncccc1N. The number of nitrogens with one attached hydrogen (secondary N) is 1. The van der Waals surface area contributed by atoms with Crippen LogP contribution in [-0.2, 0) is 4.79 Å². The van der Waals surface area contributed by atoms with Crippen LogP contribution in [0.4, 0.5) is 11.5 Å². The van der Waals surface area contributed by atoms with Crippen molar-refractivity contribution in [3.8, 4) is 0 Å². The van der Waals surface area contributed by atoms with Crippen molar-refractivity contribution in [3.05, 3.63) is 18.3 Å². The van der Waals surface area contributed by atoms with E-state index in [0.29, 0.717) is 17.9 Å². The molecule has 3 N–H and O–H groups in total. The Morgan fingerprint density at radius 2 is 2.12 bits per heavy atom. The highest BCUT2D eigenvalue weighted by atomic mass is 16.1. The van der Waals surface area contributed by atoms with Gasteiger partial charge in [-0.15, -0.1) is 0 Å². The van der Waals surface area contributed by atoms with Gasteiger partial charge in [0.05, 0.1) is 5.69 Å². The number of nitrogens with two attached hydrogens (primary N) is 1. The number of carbonyl (C=O) groups excluding carboxylic acids is 1. The Morgan fingerprint density at radius 1 is 1.35 bits per heavy atom. The van der Waals surface area contributed by atoms with Crippen LogP contribution in [0.2, 0.25) is 0 Å². The van der Waals surface area contributed by atoms with Gasteiger partial charge in [0.25, 0.3) is 0 Å². The van der Waals surface area contributed by atoms with Gasteiger partial charge in [-0.3, -0.25) is 4.79 Å². The fraction of sp³-hybridized carbons (Fsp3) is 0.538. The summed E-state index contributed by atoms with van der Waals surface area (Å²) in [5.41, 5.74) is 6.19. The van der Waals surface area contributed by atoms with E-state index < -0.39 is 0 Å². The summed E-state index contributed by atoms with van der Waals surface area (Å²) >= 11 is 0. The fourth-order valence-corrected chi connectivity index (χ4v) is 1.61. The maximum Gasteiger partial charge on any atom is 0.225 e. The molecule has 0 aromatic carbocycles. The molecule has 17 heavy (non-hydrogen) atoms. The average Bonchev–Trinajstić information content (AvgIpc) is 2.32. The zero-order chi connectivity index (χ0) is 12.5. The van der Waals surface area contributed by atoms with Gasteiger partial charge in [0.2, 0.25) is 5.91 Å². The van der Waals surface area contributed by atoms with Crippen LogP contribution >= 0.6 is 0 Å². The summed E-state index contributed by atoms with van der Waals surface area (Å²) in [5.74, 6) is 0.456. The normalized spacial score (nSPS) is 10.2. The molecule has 0 atom stereocenters. The first-order chi connectivity index (χ1) is 8.24. The quantitative estimate of drug-likeness (QED) is 0.714. The molecule has 1 heterocycles. The highest BCUT2D eigenvalue weighted by Crippen LogP contribution is 2.13. The molecule has 0 radical (unpaired) electrons. The average molecular weight is 235 g/mol. The Labute approximate surface area is 103 Å². The van der Waals surface area contributed by atoms with Crippen LogP contribution in [0.25, 0.3) is 0 Å². The van der Waals surface area contributed by atoms with Crippen molar-refractivity contribution in [2.24, 2.45) is 0 Å². The minimum Gasteiger partial charge on any atom is -0.396 e. The molecule has 1 amide bonds. The lowest BCUT2D eigenvalue weighted by atomic mass is 10.1. The molecule has 0 unspecified atom stereocenters. The lowest BCUT2D eigenvalue weighted by Gasteiger charge is -2.06. The number of nitrogens with zero attached hydrogens (tertiary/aromatic N) is 1. The molecular weight excluding hydrogens is 214 g/mol. The summed E-state index contributed by atoms with van der Waals surface area (Å²) in [5, 5.41) is 2.73. The van der Waals surface area contributed by atoms with E-state index in [1.807, 2.05) is 0 Å². The fourth-order valence-electron chi connectivity index (χ4n) is 1.61. The summed E-state index contributed by atoms with van der Waals surface area (Å²) in [6, 6.07) is 3.47. The lowest BCUT2D eigenvalue weighted by Crippen LogP contribution is -2.13. The molecule has 0 aliphatic carbocycles. The molecule has 0 aliphatic heterocycles. The Hall–Kier alpha value is -1.58. The largest absolute Gasteiger partial charge is 0.396 e. The zero-order valence-corrected chi connectivity index (χ0v) is 10.4. The van der Waals surface area contributed by atoms with E-state index in [0.717, 1.165) is 12.8 Å². The standard InChI is InChI=1S/C13H21N3O/c1-2-3-4-5-6-9-12(17)16-13-11(14)8-7-10-15-13/h7-8,10H,2-6,9,14H2,1H3,(H,15,16,17). The zero-order valence-electron chi connectivity index (χ0n) is 10.4. The van der Waals surface area contributed by atoms with Gasteiger partial charge in [-0.05, 0) is 18.6 Å². The van der Waals surface area contributed by atoms with Crippen LogP contribution in [0.15, 0.2) is 18.3 Å². The number of hydrogen-bond acceptors (Lipinski definition) is 3. The van der Waals surface area contributed by atoms with Crippen molar-refractivity contribution in [2.75, 3.05) is 11.1 Å². The van der Waals surface area contributed by atoms with Crippen molar-refractivity contribution in [3.63, 3.8) is 0 Å². The third-order valence-electron chi connectivity index (χ3n) is 2.60. The van der Waals surface area contributed by atoms with Crippen molar-refractivity contribution in [2.45, 2.75) is 45.4 Å². The number of anilines is 2. The van der Waals surface area contributed by atoms with Crippen molar-refractivity contribution < 1.29 is 4.79 Å². The summed E-state index contributed by atoms with van der Waals surface area (Å²) in [6.45, 7) is 2.18. The van der Waals surface area contributed by atoms with E-state index in [1.54, 1.807) is 18.3 Å². The molecule has 0 fully saturated rings. The van der Waals surface area contributed by atoms with Gasteiger partial charge >= 0.3 is 0 Å². The van der Waals surface area contributed by atoms with Gasteiger partial charge in [0.1, 0.15) is 0 Å². The van der Waals surface area contributed by atoms with Crippen molar-refractivity contribution >= 4 is 17.4 Å². The minimum absolute atomic E-state index is 0.00750.